The van der Waals surface area contributed by atoms with Gasteiger partial charge in [0.1, 0.15) is 0 Å². The predicted molar refractivity (Wildman–Crippen MR) is 54.4 cm³/mol. The van der Waals surface area contributed by atoms with Gasteiger partial charge in [0.15, 0.2) is 0 Å². The van der Waals surface area contributed by atoms with E-state index in [-0.39, 0.29) is 35.2 Å². The fourth-order valence-electron chi connectivity index (χ4n) is 1.61. The molecule has 0 aromatic rings. The molecule has 0 spiro atoms. The molecule has 1 aliphatic heterocycles. The molecule has 1 fully saturated rings. The Hall–Kier alpha value is -0.541. The van der Waals surface area contributed by atoms with E-state index in [2.05, 4.69) is 16.0 Å². The molecule has 15 heavy (non-hydrogen) atoms. The van der Waals surface area contributed by atoms with E-state index in [1.165, 1.54) is 0 Å². The first-order chi connectivity index (χ1) is 7.10. The summed E-state index contributed by atoms with van der Waals surface area (Å²) in [6, 6.07) is 0. The molecule has 0 amide bonds. The van der Waals surface area contributed by atoms with Crippen LogP contribution < -0.4 is 0 Å². The van der Waals surface area contributed by atoms with Crippen molar-refractivity contribution < 1.29 is 19.1 Å². The fourth-order valence-corrected chi connectivity index (χ4v) is 2.57. The van der Waals surface area contributed by atoms with E-state index < -0.39 is 0 Å². The summed E-state index contributed by atoms with van der Waals surface area (Å²) in [6.45, 7) is 4.04. The molecule has 0 bridgehead atoms. The minimum atomic E-state index is -0.381. The van der Waals surface area contributed by atoms with Crippen LogP contribution in [0.3, 0.4) is 0 Å². The summed E-state index contributed by atoms with van der Waals surface area (Å²) in [5.74, 6) is -1.01. The number of carbonyl (C=O) groups is 2. The molecular weight excluding hydrogens is 263 g/mol. The van der Waals surface area contributed by atoms with Gasteiger partial charge in [0.2, 0.25) is 0 Å². The number of ether oxygens (including phenoxy) is 2. The first-order valence-electron chi connectivity index (χ1n) is 5.12. The zero-order valence-corrected chi connectivity index (χ0v) is 10.6. The second-order valence-corrected chi connectivity index (χ2v) is 4.61. The summed E-state index contributed by atoms with van der Waals surface area (Å²) in [7, 11) is 0. The monoisotopic (exact) mass is 279 g/mol. The Balaban J connectivity index is 2.54. The maximum atomic E-state index is 11.4. The van der Waals surface area contributed by atoms with Gasteiger partial charge in [-0.25, -0.2) is 0 Å². The summed E-state index contributed by atoms with van der Waals surface area (Å²) in [4.78, 5) is 22.7. The molecule has 3 unspecified atom stereocenters. The van der Waals surface area contributed by atoms with E-state index in [1.54, 1.807) is 6.92 Å². The molecule has 1 saturated heterocycles. The van der Waals surface area contributed by atoms with Gasteiger partial charge in [-0.15, -0.1) is 0 Å². The normalized spacial score (nSPS) is 30.1. The van der Waals surface area contributed by atoms with Gasteiger partial charge in [-0.05, 0) is 0 Å². The Morgan fingerprint density at radius 3 is 2.67 bits per heavy atom. The third-order valence-corrected chi connectivity index (χ3v) is 3.75. The molecule has 1 aliphatic rings. The fraction of sp³-hybridized carbons (Fsp3) is 0.800. The Labute approximate surface area is 97.5 Å². The SMILES string of the molecule is CCOC(=O)CC1C(=O)OC(CC)C1[Se]. The van der Waals surface area contributed by atoms with Crippen molar-refractivity contribution in [1.29, 1.82) is 0 Å². The van der Waals surface area contributed by atoms with E-state index in [0.717, 1.165) is 6.42 Å². The van der Waals surface area contributed by atoms with Crippen molar-refractivity contribution in [2.24, 2.45) is 5.92 Å². The zero-order chi connectivity index (χ0) is 11.4. The van der Waals surface area contributed by atoms with Crippen LogP contribution in [0.4, 0.5) is 0 Å². The molecule has 0 aliphatic carbocycles. The Bertz CT molecular complexity index is 254. The number of cyclic esters (lactones) is 1. The van der Waals surface area contributed by atoms with Crippen LogP contribution in [0.2, 0.25) is 4.82 Å². The number of hydrogen-bond acceptors (Lipinski definition) is 4. The average Bonchev–Trinajstić information content (AvgIpc) is 2.45. The molecule has 1 rings (SSSR count). The van der Waals surface area contributed by atoms with Gasteiger partial charge in [0.25, 0.3) is 0 Å². The van der Waals surface area contributed by atoms with Gasteiger partial charge in [-0.1, -0.05) is 0 Å². The molecule has 3 atom stereocenters. The van der Waals surface area contributed by atoms with E-state index >= 15 is 0 Å². The van der Waals surface area contributed by atoms with Crippen molar-refractivity contribution in [1.82, 2.24) is 0 Å². The van der Waals surface area contributed by atoms with Crippen molar-refractivity contribution in [3.63, 3.8) is 0 Å². The summed E-state index contributed by atoms with van der Waals surface area (Å²) >= 11 is 2.91. The van der Waals surface area contributed by atoms with Crippen LogP contribution in [0.1, 0.15) is 26.7 Å². The summed E-state index contributed by atoms with van der Waals surface area (Å²) in [5, 5.41) is 0. The van der Waals surface area contributed by atoms with E-state index in [0.29, 0.717) is 6.61 Å². The van der Waals surface area contributed by atoms with E-state index in [1.807, 2.05) is 6.92 Å². The molecule has 5 heteroatoms. The standard InChI is InChI=1S/C10H15O4Se/c1-3-7-9(15)6(10(12)14-7)5-8(11)13-4-2/h6-7,9H,3-5H2,1-2H3. The van der Waals surface area contributed by atoms with Crippen molar-refractivity contribution >= 4 is 28.0 Å². The van der Waals surface area contributed by atoms with Gasteiger partial charge >= 0.3 is 97.1 Å². The first-order valence-corrected chi connectivity index (χ1v) is 6.11. The van der Waals surface area contributed by atoms with Gasteiger partial charge in [-0.2, -0.15) is 0 Å². The summed E-state index contributed by atoms with van der Waals surface area (Å²) in [5.41, 5.74) is 0. The van der Waals surface area contributed by atoms with Crippen LogP contribution in [0.15, 0.2) is 0 Å². The molecule has 1 radical (unpaired) electrons. The van der Waals surface area contributed by atoms with Crippen LogP contribution in [0.25, 0.3) is 0 Å². The first kappa shape index (κ1) is 12.5. The van der Waals surface area contributed by atoms with Crippen LogP contribution in [0, 0.1) is 5.92 Å². The molecule has 4 nitrogen and oxygen atoms in total. The second-order valence-electron chi connectivity index (χ2n) is 3.46. The van der Waals surface area contributed by atoms with Crippen LogP contribution >= 0.6 is 0 Å². The van der Waals surface area contributed by atoms with Gasteiger partial charge < -0.3 is 0 Å². The third kappa shape index (κ3) is 2.95. The Morgan fingerprint density at radius 2 is 2.20 bits per heavy atom. The quantitative estimate of drug-likeness (QED) is 0.565. The zero-order valence-electron chi connectivity index (χ0n) is 8.89. The van der Waals surface area contributed by atoms with Crippen molar-refractivity contribution in [3.05, 3.63) is 0 Å². The molecular formula is C10H15O4Se. The van der Waals surface area contributed by atoms with Gasteiger partial charge in [-0.3, -0.25) is 0 Å². The number of hydrogen-bond donors (Lipinski definition) is 0. The molecule has 0 aromatic carbocycles. The number of rotatable bonds is 4. The van der Waals surface area contributed by atoms with Gasteiger partial charge in [0.05, 0.1) is 0 Å². The van der Waals surface area contributed by atoms with Crippen molar-refractivity contribution in [3.8, 4) is 0 Å². The van der Waals surface area contributed by atoms with Crippen LogP contribution in [-0.4, -0.2) is 40.7 Å². The predicted octanol–water partition coefficient (Wildman–Crippen LogP) is 0.848. The third-order valence-electron chi connectivity index (χ3n) is 2.43. The summed E-state index contributed by atoms with van der Waals surface area (Å²) < 4.78 is 9.95. The Morgan fingerprint density at radius 1 is 1.53 bits per heavy atom. The van der Waals surface area contributed by atoms with Crippen LogP contribution in [-0.2, 0) is 19.1 Å². The van der Waals surface area contributed by atoms with E-state index in [9.17, 15) is 9.59 Å². The van der Waals surface area contributed by atoms with Crippen LogP contribution in [0.5, 0.6) is 0 Å². The number of esters is 2. The molecule has 0 N–H and O–H groups in total. The maximum absolute atomic E-state index is 11.4. The average molecular weight is 278 g/mol. The molecule has 1 heterocycles. The summed E-state index contributed by atoms with van der Waals surface area (Å²) in [6.07, 6.45) is 0.778. The van der Waals surface area contributed by atoms with Gasteiger partial charge in [0, 0.05) is 0 Å². The number of carbonyl (C=O) groups excluding carboxylic acids is 2. The van der Waals surface area contributed by atoms with E-state index in [4.69, 9.17) is 9.47 Å². The molecule has 85 valence electrons. The van der Waals surface area contributed by atoms with Crippen molar-refractivity contribution in [2.45, 2.75) is 37.6 Å². The van der Waals surface area contributed by atoms with Crippen molar-refractivity contribution in [2.75, 3.05) is 6.61 Å². The molecule has 0 saturated carbocycles. The minimum absolute atomic E-state index is 0.0214. The topological polar surface area (TPSA) is 52.6 Å². The molecule has 0 aromatic heterocycles. The second kappa shape index (κ2) is 5.52. The Kier molecular flexibility index (Phi) is 4.61.